The summed E-state index contributed by atoms with van der Waals surface area (Å²) in [5.74, 6) is 0.625. The first kappa shape index (κ1) is 9.49. The molecular weight excluding hydrogens is 208 g/mol. The standard InChI is InChI=1S/C12H15ClN2/c1-15-10-4-2-3-9(13)12(10)8-5-6-14-7-11(8)15/h2-4,8,11,14H,5-7H2,1H3. The van der Waals surface area contributed by atoms with Gasteiger partial charge in [0.05, 0.1) is 0 Å². The monoisotopic (exact) mass is 222 g/mol. The summed E-state index contributed by atoms with van der Waals surface area (Å²) in [4.78, 5) is 2.37. The van der Waals surface area contributed by atoms with Crippen LogP contribution in [0.15, 0.2) is 18.2 Å². The van der Waals surface area contributed by atoms with Crippen molar-refractivity contribution in [2.24, 2.45) is 0 Å². The minimum absolute atomic E-state index is 0.591. The predicted molar refractivity (Wildman–Crippen MR) is 63.9 cm³/mol. The van der Waals surface area contributed by atoms with Gasteiger partial charge in [0.15, 0.2) is 0 Å². The summed E-state index contributed by atoms with van der Waals surface area (Å²) in [6.07, 6.45) is 1.20. The first-order chi connectivity index (χ1) is 7.29. The number of rotatable bonds is 0. The van der Waals surface area contributed by atoms with Crippen molar-refractivity contribution in [2.45, 2.75) is 18.4 Å². The maximum absolute atomic E-state index is 6.31. The van der Waals surface area contributed by atoms with E-state index in [4.69, 9.17) is 11.6 Å². The first-order valence-electron chi connectivity index (χ1n) is 5.51. The molecule has 3 rings (SSSR count). The highest BCUT2D eigenvalue weighted by Crippen LogP contribution is 2.45. The number of nitrogens with one attached hydrogen (secondary N) is 1. The van der Waals surface area contributed by atoms with Crippen LogP contribution in [-0.2, 0) is 0 Å². The second-order valence-corrected chi connectivity index (χ2v) is 4.86. The number of benzene rings is 1. The van der Waals surface area contributed by atoms with Gasteiger partial charge in [0, 0.05) is 36.3 Å². The Kier molecular flexibility index (Phi) is 2.15. The first-order valence-corrected chi connectivity index (χ1v) is 5.89. The SMILES string of the molecule is CN1c2cccc(Cl)c2C2CCNCC21. The maximum Gasteiger partial charge on any atom is 0.0481 e. The lowest BCUT2D eigenvalue weighted by atomic mass is 9.89. The molecule has 1 aromatic carbocycles. The van der Waals surface area contributed by atoms with Crippen molar-refractivity contribution in [3.63, 3.8) is 0 Å². The number of halogens is 1. The molecule has 1 fully saturated rings. The van der Waals surface area contributed by atoms with Crippen LogP contribution in [0.5, 0.6) is 0 Å². The van der Waals surface area contributed by atoms with E-state index in [2.05, 4.69) is 23.3 Å². The van der Waals surface area contributed by atoms with Crippen LogP contribution in [-0.4, -0.2) is 26.2 Å². The summed E-state index contributed by atoms with van der Waals surface area (Å²) in [5.41, 5.74) is 2.69. The van der Waals surface area contributed by atoms with Crippen molar-refractivity contribution in [1.29, 1.82) is 0 Å². The van der Waals surface area contributed by atoms with Crippen LogP contribution in [0.25, 0.3) is 0 Å². The van der Waals surface area contributed by atoms with Gasteiger partial charge in [-0.1, -0.05) is 17.7 Å². The average Bonchev–Trinajstić information content (AvgIpc) is 2.55. The van der Waals surface area contributed by atoms with Crippen LogP contribution in [0.4, 0.5) is 5.69 Å². The zero-order chi connectivity index (χ0) is 10.4. The molecule has 0 radical (unpaired) electrons. The summed E-state index contributed by atoms with van der Waals surface area (Å²) in [6.45, 7) is 2.19. The van der Waals surface area contributed by atoms with E-state index in [1.807, 2.05) is 12.1 Å². The lowest BCUT2D eigenvalue weighted by molar-refractivity contribution is 0.413. The van der Waals surface area contributed by atoms with Crippen LogP contribution in [0.1, 0.15) is 17.9 Å². The van der Waals surface area contributed by atoms with Gasteiger partial charge in [-0.3, -0.25) is 0 Å². The zero-order valence-electron chi connectivity index (χ0n) is 8.83. The third-order valence-electron chi connectivity index (χ3n) is 3.73. The summed E-state index contributed by atoms with van der Waals surface area (Å²) < 4.78 is 0. The molecule has 1 saturated heterocycles. The van der Waals surface area contributed by atoms with E-state index in [1.54, 1.807) is 0 Å². The minimum Gasteiger partial charge on any atom is -0.369 e. The zero-order valence-corrected chi connectivity index (χ0v) is 9.59. The molecule has 0 aromatic heterocycles. The highest BCUT2D eigenvalue weighted by atomic mass is 35.5. The molecule has 2 unspecified atom stereocenters. The Morgan fingerprint density at radius 1 is 1.47 bits per heavy atom. The third-order valence-corrected chi connectivity index (χ3v) is 4.06. The lowest BCUT2D eigenvalue weighted by Gasteiger charge is -2.31. The van der Waals surface area contributed by atoms with Crippen LogP contribution < -0.4 is 10.2 Å². The fraction of sp³-hybridized carbons (Fsp3) is 0.500. The second-order valence-electron chi connectivity index (χ2n) is 4.45. The molecule has 0 bridgehead atoms. The maximum atomic E-state index is 6.31. The normalized spacial score (nSPS) is 28.8. The topological polar surface area (TPSA) is 15.3 Å². The van der Waals surface area contributed by atoms with Crippen molar-refractivity contribution in [3.8, 4) is 0 Å². The Morgan fingerprint density at radius 3 is 3.20 bits per heavy atom. The number of hydrogen-bond donors (Lipinski definition) is 1. The Balaban J connectivity index is 2.12. The van der Waals surface area contributed by atoms with E-state index in [1.165, 1.54) is 17.7 Å². The molecule has 0 saturated carbocycles. The number of likely N-dealkylation sites (N-methyl/N-ethyl adjacent to an activating group) is 1. The molecule has 2 aliphatic rings. The van der Waals surface area contributed by atoms with Gasteiger partial charge < -0.3 is 10.2 Å². The molecule has 2 aliphatic heterocycles. The van der Waals surface area contributed by atoms with Gasteiger partial charge in [-0.05, 0) is 30.7 Å². The molecular formula is C12H15ClN2. The van der Waals surface area contributed by atoms with Crippen molar-refractivity contribution in [2.75, 3.05) is 25.0 Å². The van der Waals surface area contributed by atoms with Crippen molar-refractivity contribution >= 4 is 17.3 Å². The molecule has 1 N–H and O–H groups in total. The van der Waals surface area contributed by atoms with Crippen LogP contribution >= 0.6 is 11.6 Å². The smallest absolute Gasteiger partial charge is 0.0481 e. The Labute approximate surface area is 95.2 Å². The highest BCUT2D eigenvalue weighted by molar-refractivity contribution is 6.32. The Bertz CT molecular complexity index is 391. The Morgan fingerprint density at radius 2 is 2.33 bits per heavy atom. The molecule has 1 aromatic rings. The quantitative estimate of drug-likeness (QED) is 0.724. The summed E-state index contributed by atoms with van der Waals surface area (Å²) >= 11 is 6.31. The molecule has 15 heavy (non-hydrogen) atoms. The second kappa shape index (κ2) is 3.39. The molecule has 0 spiro atoms. The number of piperidine rings is 1. The van der Waals surface area contributed by atoms with E-state index in [9.17, 15) is 0 Å². The largest absolute Gasteiger partial charge is 0.369 e. The van der Waals surface area contributed by atoms with Gasteiger partial charge in [-0.15, -0.1) is 0 Å². The fourth-order valence-electron chi connectivity index (χ4n) is 2.96. The number of anilines is 1. The summed E-state index contributed by atoms with van der Waals surface area (Å²) in [6, 6.07) is 6.83. The van der Waals surface area contributed by atoms with Crippen molar-refractivity contribution < 1.29 is 0 Å². The van der Waals surface area contributed by atoms with E-state index in [-0.39, 0.29) is 0 Å². The number of nitrogens with zero attached hydrogens (tertiary/aromatic N) is 1. The fourth-order valence-corrected chi connectivity index (χ4v) is 3.27. The van der Waals surface area contributed by atoms with Crippen LogP contribution in [0, 0.1) is 0 Å². The van der Waals surface area contributed by atoms with E-state index in [0.717, 1.165) is 18.1 Å². The number of hydrogen-bond acceptors (Lipinski definition) is 2. The van der Waals surface area contributed by atoms with Crippen LogP contribution in [0.3, 0.4) is 0 Å². The third kappa shape index (κ3) is 1.28. The van der Waals surface area contributed by atoms with Gasteiger partial charge >= 0.3 is 0 Å². The minimum atomic E-state index is 0.591. The van der Waals surface area contributed by atoms with E-state index < -0.39 is 0 Å². The van der Waals surface area contributed by atoms with Crippen molar-refractivity contribution in [3.05, 3.63) is 28.8 Å². The molecule has 2 heterocycles. The van der Waals surface area contributed by atoms with Crippen LogP contribution in [0.2, 0.25) is 5.02 Å². The van der Waals surface area contributed by atoms with E-state index in [0.29, 0.717) is 12.0 Å². The van der Waals surface area contributed by atoms with E-state index >= 15 is 0 Å². The number of fused-ring (bicyclic) bond motifs is 3. The molecule has 3 heteroatoms. The van der Waals surface area contributed by atoms with Gasteiger partial charge in [0.25, 0.3) is 0 Å². The average molecular weight is 223 g/mol. The van der Waals surface area contributed by atoms with Gasteiger partial charge in [-0.2, -0.15) is 0 Å². The molecule has 80 valence electrons. The highest BCUT2D eigenvalue weighted by Gasteiger charge is 2.38. The van der Waals surface area contributed by atoms with Gasteiger partial charge in [0.1, 0.15) is 0 Å². The molecule has 0 amide bonds. The van der Waals surface area contributed by atoms with Gasteiger partial charge in [-0.25, -0.2) is 0 Å². The molecule has 0 aliphatic carbocycles. The molecule has 2 nitrogen and oxygen atoms in total. The van der Waals surface area contributed by atoms with Crippen molar-refractivity contribution in [1.82, 2.24) is 5.32 Å². The lowest BCUT2D eigenvalue weighted by Crippen LogP contribution is -2.44. The summed E-state index contributed by atoms with van der Waals surface area (Å²) in [7, 11) is 2.17. The Hall–Kier alpha value is -0.730. The summed E-state index contributed by atoms with van der Waals surface area (Å²) in [5, 5.41) is 4.39. The predicted octanol–water partition coefficient (Wildman–Crippen LogP) is 2.24. The van der Waals surface area contributed by atoms with Gasteiger partial charge in [0.2, 0.25) is 0 Å². The molecule has 2 atom stereocenters.